The van der Waals surface area contributed by atoms with Gasteiger partial charge in [-0.3, -0.25) is 0 Å². The van der Waals surface area contributed by atoms with Crippen LogP contribution in [0.4, 0.5) is 0 Å². The third kappa shape index (κ3) is 2.71. The Morgan fingerprint density at radius 3 is 2.62 bits per heavy atom. The minimum atomic E-state index is -0.00289. The van der Waals surface area contributed by atoms with E-state index < -0.39 is 0 Å². The lowest BCUT2D eigenvalue weighted by molar-refractivity contribution is 0.0527. The first-order valence-electron chi connectivity index (χ1n) is 5.76. The summed E-state index contributed by atoms with van der Waals surface area (Å²) in [4.78, 5) is 1.22. The molecule has 0 saturated carbocycles. The summed E-state index contributed by atoms with van der Waals surface area (Å²) in [6.07, 6.45) is 4.25. The fourth-order valence-corrected chi connectivity index (χ4v) is 2.55. The summed E-state index contributed by atoms with van der Waals surface area (Å²) in [5.74, 6) is 1.03. The Bertz CT molecular complexity index is 348. The molecular formula is C13H19NOS. The van der Waals surface area contributed by atoms with Gasteiger partial charge >= 0.3 is 0 Å². The van der Waals surface area contributed by atoms with Gasteiger partial charge in [-0.1, -0.05) is 12.1 Å². The number of rotatable bonds is 3. The molecule has 3 heteroatoms. The van der Waals surface area contributed by atoms with E-state index in [0.29, 0.717) is 0 Å². The van der Waals surface area contributed by atoms with Crippen molar-refractivity contribution in [2.45, 2.75) is 30.3 Å². The first-order valence-corrected chi connectivity index (χ1v) is 6.99. The standard InChI is InChI=1S/C13H19NOS/c1-13(7-9-14-10-8-13)15-11-5-3-4-6-12(11)16-2/h3-6,14H,7-10H2,1-2H3. The first-order chi connectivity index (χ1) is 7.73. The van der Waals surface area contributed by atoms with Crippen LogP contribution in [-0.4, -0.2) is 24.9 Å². The molecule has 0 atom stereocenters. The molecule has 88 valence electrons. The average molecular weight is 237 g/mol. The van der Waals surface area contributed by atoms with Crippen LogP contribution in [0.2, 0.25) is 0 Å². The van der Waals surface area contributed by atoms with Gasteiger partial charge in [0.25, 0.3) is 0 Å². The van der Waals surface area contributed by atoms with Gasteiger partial charge in [0.2, 0.25) is 0 Å². The smallest absolute Gasteiger partial charge is 0.133 e. The highest BCUT2D eigenvalue weighted by molar-refractivity contribution is 7.98. The lowest BCUT2D eigenvalue weighted by Crippen LogP contribution is -2.43. The fraction of sp³-hybridized carbons (Fsp3) is 0.538. The van der Waals surface area contributed by atoms with E-state index in [2.05, 4.69) is 36.7 Å². The molecule has 1 saturated heterocycles. The van der Waals surface area contributed by atoms with Crippen molar-refractivity contribution in [2.75, 3.05) is 19.3 Å². The maximum Gasteiger partial charge on any atom is 0.133 e. The molecule has 16 heavy (non-hydrogen) atoms. The maximum absolute atomic E-state index is 6.20. The van der Waals surface area contributed by atoms with Gasteiger partial charge in [0.05, 0.1) is 0 Å². The zero-order valence-corrected chi connectivity index (χ0v) is 10.8. The fourth-order valence-electron chi connectivity index (χ4n) is 2.03. The molecule has 1 aliphatic heterocycles. The predicted octanol–water partition coefficient (Wildman–Crippen LogP) is 2.93. The second kappa shape index (κ2) is 5.11. The quantitative estimate of drug-likeness (QED) is 0.817. The monoisotopic (exact) mass is 237 g/mol. The Labute approximate surface area is 102 Å². The molecule has 1 aromatic carbocycles. The van der Waals surface area contributed by atoms with Crippen LogP contribution in [0, 0.1) is 0 Å². The van der Waals surface area contributed by atoms with Gasteiger partial charge in [-0.05, 0) is 51.2 Å². The SMILES string of the molecule is CSc1ccccc1OC1(C)CCNCC1. The van der Waals surface area contributed by atoms with E-state index in [-0.39, 0.29) is 5.60 Å². The zero-order chi connectivity index (χ0) is 11.4. The largest absolute Gasteiger partial charge is 0.486 e. The van der Waals surface area contributed by atoms with Gasteiger partial charge in [0.15, 0.2) is 0 Å². The van der Waals surface area contributed by atoms with Gasteiger partial charge in [0.1, 0.15) is 11.4 Å². The Morgan fingerprint density at radius 1 is 1.25 bits per heavy atom. The molecule has 1 aromatic rings. The summed E-state index contributed by atoms with van der Waals surface area (Å²) >= 11 is 1.74. The van der Waals surface area contributed by atoms with Crippen LogP contribution in [0.3, 0.4) is 0 Å². The van der Waals surface area contributed by atoms with Crippen molar-refractivity contribution in [3.63, 3.8) is 0 Å². The second-order valence-electron chi connectivity index (χ2n) is 4.45. The molecular weight excluding hydrogens is 218 g/mol. The first kappa shape index (κ1) is 11.8. The molecule has 0 radical (unpaired) electrons. The molecule has 2 nitrogen and oxygen atoms in total. The van der Waals surface area contributed by atoms with Crippen LogP contribution < -0.4 is 10.1 Å². The van der Waals surface area contributed by atoms with E-state index >= 15 is 0 Å². The number of piperidine rings is 1. The van der Waals surface area contributed by atoms with Crippen molar-refractivity contribution in [1.82, 2.24) is 5.32 Å². The molecule has 0 aromatic heterocycles. The van der Waals surface area contributed by atoms with E-state index in [1.165, 1.54) is 4.90 Å². The Balaban J connectivity index is 2.12. The summed E-state index contributed by atoms with van der Waals surface area (Å²) in [6.45, 7) is 4.32. The number of nitrogens with one attached hydrogen (secondary N) is 1. The summed E-state index contributed by atoms with van der Waals surface area (Å²) in [5, 5.41) is 3.37. The van der Waals surface area contributed by atoms with Crippen molar-refractivity contribution in [1.29, 1.82) is 0 Å². The third-order valence-corrected chi connectivity index (χ3v) is 3.86. The van der Waals surface area contributed by atoms with Gasteiger partial charge in [-0.15, -0.1) is 11.8 Å². The van der Waals surface area contributed by atoms with Crippen molar-refractivity contribution in [3.05, 3.63) is 24.3 Å². The van der Waals surface area contributed by atoms with E-state index in [1.807, 2.05) is 6.07 Å². The number of ether oxygens (including phenoxy) is 1. The van der Waals surface area contributed by atoms with Crippen LogP contribution in [0.25, 0.3) is 0 Å². The lowest BCUT2D eigenvalue weighted by atomic mass is 9.94. The number of benzene rings is 1. The normalized spacial score (nSPS) is 19.4. The third-order valence-electron chi connectivity index (χ3n) is 3.09. The number of hydrogen-bond donors (Lipinski definition) is 1. The molecule has 1 N–H and O–H groups in total. The Morgan fingerprint density at radius 2 is 1.94 bits per heavy atom. The van der Waals surface area contributed by atoms with E-state index in [1.54, 1.807) is 11.8 Å². The molecule has 1 fully saturated rings. The second-order valence-corrected chi connectivity index (χ2v) is 5.30. The highest BCUT2D eigenvalue weighted by atomic mass is 32.2. The van der Waals surface area contributed by atoms with Crippen LogP contribution in [0.5, 0.6) is 5.75 Å². The average Bonchev–Trinajstić information content (AvgIpc) is 2.30. The molecule has 0 bridgehead atoms. The maximum atomic E-state index is 6.20. The molecule has 2 rings (SSSR count). The van der Waals surface area contributed by atoms with E-state index in [9.17, 15) is 0 Å². The summed E-state index contributed by atoms with van der Waals surface area (Å²) < 4.78 is 6.20. The summed E-state index contributed by atoms with van der Waals surface area (Å²) in [5.41, 5.74) is -0.00289. The van der Waals surface area contributed by atoms with Crippen LogP contribution in [0.1, 0.15) is 19.8 Å². The highest BCUT2D eigenvalue weighted by Crippen LogP contribution is 2.32. The number of thioether (sulfide) groups is 1. The van der Waals surface area contributed by atoms with Gasteiger partial charge < -0.3 is 10.1 Å². The van der Waals surface area contributed by atoms with Gasteiger partial charge in [0, 0.05) is 4.90 Å². The number of para-hydroxylation sites is 1. The van der Waals surface area contributed by atoms with Crippen LogP contribution in [-0.2, 0) is 0 Å². The molecule has 1 aliphatic rings. The van der Waals surface area contributed by atoms with Gasteiger partial charge in [-0.25, -0.2) is 0 Å². The topological polar surface area (TPSA) is 21.3 Å². The predicted molar refractivity (Wildman–Crippen MR) is 69.4 cm³/mol. The minimum absolute atomic E-state index is 0.00289. The van der Waals surface area contributed by atoms with Crippen LogP contribution >= 0.6 is 11.8 Å². The Kier molecular flexibility index (Phi) is 3.77. The van der Waals surface area contributed by atoms with E-state index in [0.717, 1.165) is 31.7 Å². The van der Waals surface area contributed by atoms with Crippen molar-refractivity contribution < 1.29 is 4.74 Å². The van der Waals surface area contributed by atoms with Crippen molar-refractivity contribution in [2.24, 2.45) is 0 Å². The molecule has 0 aliphatic carbocycles. The molecule has 0 spiro atoms. The van der Waals surface area contributed by atoms with Gasteiger partial charge in [-0.2, -0.15) is 0 Å². The lowest BCUT2D eigenvalue weighted by Gasteiger charge is -2.35. The number of hydrogen-bond acceptors (Lipinski definition) is 3. The highest BCUT2D eigenvalue weighted by Gasteiger charge is 2.29. The molecule has 0 unspecified atom stereocenters. The van der Waals surface area contributed by atoms with E-state index in [4.69, 9.17) is 4.74 Å². The molecule has 1 heterocycles. The summed E-state index contributed by atoms with van der Waals surface area (Å²) in [6, 6.07) is 8.28. The Hall–Kier alpha value is -0.670. The van der Waals surface area contributed by atoms with Crippen molar-refractivity contribution >= 4 is 11.8 Å². The van der Waals surface area contributed by atoms with Crippen LogP contribution in [0.15, 0.2) is 29.2 Å². The zero-order valence-electron chi connectivity index (χ0n) is 9.95. The summed E-state index contributed by atoms with van der Waals surface area (Å²) in [7, 11) is 0. The minimum Gasteiger partial charge on any atom is -0.486 e. The molecule has 0 amide bonds. The van der Waals surface area contributed by atoms with Crippen molar-refractivity contribution in [3.8, 4) is 5.75 Å².